The fourth-order valence-corrected chi connectivity index (χ4v) is 3.71. The zero-order chi connectivity index (χ0) is 13.8. The molecular formula is C15H27NO3. The van der Waals surface area contributed by atoms with E-state index in [0.717, 1.165) is 25.8 Å². The highest BCUT2D eigenvalue weighted by molar-refractivity contribution is 5.73. The Balaban J connectivity index is 1.99. The second kappa shape index (κ2) is 6.71. The van der Waals surface area contributed by atoms with Gasteiger partial charge in [0.1, 0.15) is 6.04 Å². The molecule has 0 aromatic heterocycles. The van der Waals surface area contributed by atoms with Crippen LogP contribution in [0.4, 0.5) is 0 Å². The van der Waals surface area contributed by atoms with Gasteiger partial charge in [0.25, 0.3) is 0 Å². The van der Waals surface area contributed by atoms with Gasteiger partial charge in [-0.15, -0.1) is 0 Å². The summed E-state index contributed by atoms with van der Waals surface area (Å²) < 4.78 is 5.62. The van der Waals surface area contributed by atoms with Crippen molar-refractivity contribution < 1.29 is 14.6 Å². The Morgan fingerprint density at radius 1 is 1.26 bits per heavy atom. The summed E-state index contributed by atoms with van der Waals surface area (Å²) in [7, 11) is 0. The predicted octanol–water partition coefficient (Wildman–Crippen LogP) is 2.52. The largest absolute Gasteiger partial charge is 0.480 e. The summed E-state index contributed by atoms with van der Waals surface area (Å²) in [5.41, 5.74) is 0. The van der Waals surface area contributed by atoms with Gasteiger partial charge in [0.05, 0.1) is 12.7 Å². The second-order valence-corrected chi connectivity index (χ2v) is 6.20. The number of nitrogens with zero attached hydrogens (tertiary/aromatic N) is 1. The molecule has 0 aromatic rings. The van der Waals surface area contributed by atoms with Crippen LogP contribution < -0.4 is 0 Å². The number of hydrogen-bond donors (Lipinski definition) is 1. The molecule has 3 atom stereocenters. The molecule has 1 N–H and O–H groups in total. The average molecular weight is 269 g/mol. The first-order valence-corrected chi connectivity index (χ1v) is 7.69. The van der Waals surface area contributed by atoms with Crippen molar-refractivity contribution >= 4 is 5.97 Å². The Hall–Kier alpha value is -0.610. The third kappa shape index (κ3) is 3.69. The van der Waals surface area contributed by atoms with E-state index < -0.39 is 5.97 Å². The van der Waals surface area contributed by atoms with E-state index in [9.17, 15) is 9.90 Å². The number of carbonyl (C=O) groups is 1. The van der Waals surface area contributed by atoms with Crippen LogP contribution in [0, 0.1) is 5.92 Å². The normalized spacial score (nSPS) is 32.3. The molecule has 1 aliphatic heterocycles. The Bertz CT molecular complexity index is 306. The summed E-state index contributed by atoms with van der Waals surface area (Å²) in [5, 5.41) is 9.42. The first-order valence-electron chi connectivity index (χ1n) is 7.69. The van der Waals surface area contributed by atoms with Crippen LogP contribution in [0.3, 0.4) is 0 Å². The molecule has 1 heterocycles. The molecule has 0 aromatic carbocycles. The molecule has 2 rings (SSSR count). The van der Waals surface area contributed by atoms with Crippen molar-refractivity contribution in [2.24, 2.45) is 5.92 Å². The smallest absolute Gasteiger partial charge is 0.320 e. The SMILES string of the molecule is CC(C)OCCN1C(C(=O)O)CCC2CCCCC21. The molecular weight excluding hydrogens is 242 g/mol. The highest BCUT2D eigenvalue weighted by Crippen LogP contribution is 2.37. The van der Waals surface area contributed by atoms with E-state index in [2.05, 4.69) is 4.90 Å². The number of likely N-dealkylation sites (tertiary alicyclic amines) is 1. The third-order valence-corrected chi connectivity index (χ3v) is 4.59. The van der Waals surface area contributed by atoms with Gasteiger partial charge in [-0.3, -0.25) is 9.69 Å². The molecule has 0 spiro atoms. The Labute approximate surface area is 116 Å². The minimum Gasteiger partial charge on any atom is -0.480 e. The predicted molar refractivity (Wildman–Crippen MR) is 74.2 cm³/mol. The van der Waals surface area contributed by atoms with E-state index in [4.69, 9.17) is 4.74 Å². The minimum atomic E-state index is -0.659. The molecule has 2 fully saturated rings. The van der Waals surface area contributed by atoms with Crippen LogP contribution in [0.15, 0.2) is 0 Å². The number of carboxylic acids is 1. The van der Waals surface area contributed by atoms with Gasteiger partial charge in [0.2, 0.25) is 0 Å². The summed E-state index contributed by atoms with van der Waals surface area (Å²) in [6, 6.07) is 0.175. The highest BCUT2D eigenvalue weighted by atomic mass is 16.5. The molecule has 19 heavy (non-hydrogen) atoms. The zero-order valence-corrected chi connectivity index (χ0v) is 12.2. The van der Waals surface area contributed by atoms with Crippen molar-refractivity contribution in [3.8, 4) is 0 Å². The van der Waals surface area contributed by atoms with Crippen LogP contribution in [0.1, 0.15) is 52.4 Å². The lowest BCUT2D eigenvalue weighted by molar-refractivity contribution is -0.148. The molecule has 1 aliphatic carbocycles. The van der Waals surface area contributed by atoms with Crippen molar-refractivity contribution in [2.75, 3.05) is 13.2 Å². The van der Waals surface area contributed by atoms with Crippen LogP contribution in [0.5, 0.6) is 0 Å². The van der Waals surface area contributed by atoms with Crippen LogP contribution in [-0.4, -0.2) is 47.3 Å². The van der Waals surface area contributed by atoms with Crippen LogP contribution in [0.25, 0.3) is 0 Å². The van der Waals surface area contributed by atoms with Crippen LogP contribution >= 0.6 is 0 Å². The fourth-order valence-electron chi connectivity index (χ4n) is 3.71. The molecule has 0 amide bonds. The van der Waals surface area contributed by atoms with E-state index in [0.29, 0.717) is 18.6 Å². The van der Waals surface area contributed by atoms with Crippen LogP contribution in [-0.2, 0) is 9.53 Å². The third-order valence-electron chi connectivity index (χ3n) is 4.59. The molecule has 3 unspecified atom stereocenters. The van der Waals surface area contributed by atoms with Gasteiger partial charge in [-0.05, 0) is 45.4 Å². The first-order chi connectivity index (χ1) is 9.09. The molecule has 110 valence electrons. The quantitative estimate of drug-likeness (QED) is 0.833. The summed E-state index contributed by atoms with van der Waals surface area (Å²) in [6.07, 6.45) is 7.11. The Kier molecular flexibility index (Phi) is 5.22. The Morgan fingerprint density at radius 2 is 2.00 bits per heavy atom. The average Bonchev–Trinajstić information content (AvgIpc) is 2.38. The molecule has 1 saturated heterocycles. The van der Waals surface area contributed by atoms with Crippen molar-refractivity contribution in [2.45, 2.75) is 70.6 Å². The first kappa shape index (κ1) is 14.8. The number of rotatable bonds is 5. The topological polar surface area (TPSA) is 49.8 Å². The van der Waals surface area contributed by atoms with Crippen LogP contribution in [0.2, 0.25) is 0 Å². The minimum absolute atomic E-state index is 0.218. The van der Waals surface area contributed by atoms with Gasteiger partial charge in [-0.1, -0.05) is 12.8 Å². The standard InChI is InChI=1S/C15H27NO3/c1-11(2)19-10-9-16-13-6-4-3-5-12(13)7-8-14(16)15(17)18/h11-14H,3-10H2,1-2H3,(H,17,18). The lowest BCUT2D eigenvalue weighted by Crippen LogP contribution is -2.55. The van der Waals surface area contributed by atoms with Crippen molar-refractivity contribution in [1.29, 1.82) is 0 Å². The molecule has 4 heteroatoms. The maximum absolute atomic E-state index is 11.5. The highest BCUT2D eigenvalue weighted by Gasteiger charge is 2.40. The van der Waals surface area contributed by atoms with Crippen molar-refractivity contribution in [1.82, 2.24) is 4.90 Å². The number of piperidine rings is 1. The van der Waals surface area contributed by atoms with Gasteiger partial charge in [0, 0.05) is 12.6 Å². The van der Waals surface area contributed by atoms with E-state index in [1.807, 2.05) is 13.8 Å². The number of carboxylic acid groups (broad SMARTS) is 1. The summed E-state index contributed by atoms with van der Waals surface area (Å²) in [5.74, 6) is 0.0528. The number of ether oxygens (including phenoxy) is 1. The Morgan fingerprint density at radius 3 is 2.68 bits per heavy atom. The van der Waals surface area contributed by atoms with Gasteiger partial charge < -0.3 is 9.84 Å². The van der Waals surface area contributed by atoms with Gasteiger partial charge in [0.15, 0.2) is 0 Å². The zero-order valence-electron chi connectivity index (χ0n) is 12.2. The van der Waals surface area contributed by atoms with Crippen molar-refractivity contribution in [3.63, 3.8) is 0 Å². The number of aliphatic carboxylic acids is 1. The molecule has 1 saturated carbocycles. The van der Waals surface area contributed by atoms with Gasteiger partial charge in [-0.25, -0.2) is 0 Å². The molecule has 4 nitrogen and oxygen atoms in total. The fraction of sp³-hybridized carbons (Fsp3) is 0.933. The maximum atomic E-state index is 11.5. The van der Waals surface area contributed by atoms with Crippen molar-refractivity contribution in [3.05, 3.63) is 0 Å². The second-order valence-electron chi connectivity index (χ2n) is 6.20. The maximum Gasteiger partial charge on any atom is 0.320 e. The summed E-state index contributed by atoms with van der Waals surface area (Å²) in [6.45, 7) is 5.45. The number of fused-ring (bicyclic) bond motifs is 1. The lowest BCUT2D eigenvalue weighted by atomic mass is 9.76. The van der Waals surface area contributed by atoms with Gasteiger partial charge >= 0.3 is 5.97 Å². The van der Waals surface area contributed by atoms with E-state index >= 15 is 0 Å². The summed E-state index contributed by atoms with van der Waals surface area (Å²) >= 11 is 0. The van der Waals surface area contributed by atoms with E-state index in [1.165, 1.54) is 19.3 Å². The molecule has 2 aliphatic rings. The molecule has 0 radical (unpaired) electrons. The van der Waals surface area contributed by atoms with Gasteiger partial charge in [-0.2, -0.15) is 0 Å². The summed E-state index contributed by atoms with van der Waals surface area (Å²) in [4.78, 5) is 13.7. The molecule has 0 bridgehead atoms. The lowest BCUT2D eigenvalue weighted by Gasteiger charge is -2.47. The van der Waals surface area contributed by atoms with E-state index in [1.54, 1.807) is 0 Å². The number of hydrogen-bond acceptors (Lipinski definition) is 3. The van der Waals surface area contributed by atoms with E-state index in [-0.39, 0.29) is 12.1 Å². The monoisotopic (exact) mass is 269 g/mol.